The SMILES string of the molecule is CC1CCCCC1NC(=O)c1ccc(NC(=O)c2ccco2)s1. The molecule has 2 heterocycles. The lowest BCUT2D eigenvalue weighted by Gasteiger charge is -2.29. The molecule has 0 aromatic carbocycles. The molecule has 1 aliphatic carbocycles. The van der Waals surface area contributed by atoms with Crippen molar-refractivity contribution in [1.82, 2.24) is 5.32 Å². The summed E-state index contributed by atoms with van der Waals surface area (Å²) in [5, 5.41) is 6.49. The number of hydrogen-bond acceptors (Lipinski definition) is 4. The summed E-state index contributed by atoms with van der Waals surface area (Å²) in [4.78, 5) is 24.9. The van der Waals surface area contributed by atoms with Gasteiger partial charge in [-0.2, -0.15) is 0 Å². The Morgan fingerprint density at radius 2 is 2.00 bits per heavy atom. The maximum atomic E-state index is 12.4. The van der Waals surface area contributed by atoms with Gasteiger partial charge in [0.15, 0.2) is 5.76 Å². The van der Waals surface area contributed by atoms with Crippen molar-refractivity contribution in [2.45, 2.75) is 38.6 Å². The molecule has 1 fully saturated rings. The zero-order chi connectivity index (χ0) is 16.2. The molecule has 1 saturated carbocycles. The van der Waals surface area contributed by atoms with Crippen LogP contribution in [-0.2, 0) is 0 Å². The molecule has 2 amide bonds. The average Bonchev–Trinajstić information content (AvgIpc) is 3.20. The third-order valence-electron chi connectivity index (χ3n) is 4.24. The number of carbonyl (C=O) groups excluding carboxylic acids is 2. The molecule has 3 rings (SSSR count). The first-order valence-corrected chi connectivity index (χ1v) is 8.70. The third-order valence-corrected chi connectivity index (χ3v) is 5.24. The van der Waals surface area contributed by atoms with Gasteiger partial charge in [0, 0.05) is 6.04 Å². The monoisotopic (exact) mass is 332 g/mol. The fourth-order valence-electron chi connectivity index (χ4n) is 2.88. The first kappa shape index (κ1) is 15.8. The van der Waals surface area contributed by atoms with E-state index in [2.05, 4.69) is 17.6 Å². The summed E-state index contributed by atoms with van der Waals surface area (Å²) < 4.78 is 5.05. The number of furan rings is 1. The van der Waals surface area contributed by atoms with E-state index in [9.17, 15) is 9.59 Å². The summed E-state index contributed by atoms with van der Waals surface area (Å²) in [7, 11) is 0. The maximum absolute atomic E-state index is 12.4. The van der Waals surface area contributed by atoms with Crippen molar-refractivity contribution in [2.75, 3.05) is 5.32 Å². The van der Waals surface area contributed by atoms with Gasteiger partial charge in [0.2, 0.25) is 0 Å². The van der Waals surface area contributed by atoms with Gasteiger partial charge in [0.25, 0.3) is 11.8 Å². The zero-order valence-corrected chi connectivity index (χ0v) is 13.8. The van der Waals surface area contributed by atoms with Crippen molar-refractivity contribution in [2.24, 2.45) is 5.92 Å². The Bertz CT molecular complexity index is 678. The molecular weight excluding hydrogens is 312 g/mol. The number of carbonyl (C=O) groups is 2. The average molecular weight is 332 g/mol. The van der Waals surface area contributed by atoms with Crippen molar-refractivity contribution in [1.29, 1.82) is 0 Å². The van der Waals surface area contributed by atoms with Gasteiger partial charge in [-0.1, -0.05) is 19.8 Å². The van der Waals surface area contributed by atoms with E-state index < -0.39 is 0 Å². The molecule has 2 aromatic rings. The van der Waals surface area contributed by atoms with Gasteiger partial charge >= 0.3 is 0 Å². The summed E-state index contributed by atoms with van der Waals surface area (Å²) in [6.07, 6.45) is 6.08. The van der Waals surface area contributed by atoms with Crippen LogP contribution in [0.15, 0.2) is 34.9 Å². The van der Waals surface area contributed by atoms with Gasteiger partial charge in [0.1, 0.15) is 0 Å². The molecular formula is C17H20N2O3S. The summed E-state index contributed by atoms with van der Waals surface area (Å²) >= 11 is 1.27. The van der Waals surface area contributed by atoms with E-state index in [4.69, 9.17) is 4.42 Å². The van der Waals surface area contributed by atoms with Crippen LogP contribution in [0.2, 0.25) is 0 Å². The Morgan fingerprint density at radius 3 is 2.74 bits per heavy atom. The number of hydrogen-bond donors (Lipinski definition) is 2. The van der Waals surface area contributed by atoms with Gasteiger partial charge in [-0.3, -0.25) is 9.59 Å². The summed E-state index contributed by atoms with van der Waals surface area (Å²) in [6, 6.07) is 6.99. The van der Waals surface area contributed by atoms with Crippen LogP contribution in [0.25, 0.3) is 0 Å². The van der Waals surface area contributed by atoms with Crippen molar-refractivity contribution in [3.8, 4) is 0 Å². The van der Waals surface area contributed by atoms with E-state index in [-0.39, 0.29) is 23.6 Å². The topological polar surface area (TPSA) is 71.3 Å². The highest BCUT2D eigenvalue weighted by Gasteiger charge is 2.24. The molecule has 2 aromatic heterocycles. The highest BCUT2D eigenvalue weighted by molar-refractivity contribution is 7.18. The maximum Gasteiger partial charge on any atom is 0.291 e. The predicted molar refractivity (Wildman–Crippen MR) is 89.9 cm³/mol. The first-order chi connectivity index (χ1) is 11.1. The lowest BCUT2D eigenvalue weighted by Crippen LogP contribution is -2.40. The Hall–Kier alpha value is -2.08. The second kappa shape index (κ2) is 7.00. The molecule has 2 unspecified atom stereocenters. The normalized spacial score (nSPS) is 20.9. The van der Waals surface area contributed by atoms with Gasteiger partial charge in [-0.15, -0.1) is 11.3 Å². The minimum Gasteiger partial charge on any atom is -0.459 e. The van der Waals surface area contributed by atoms with E-state index in [1.165, 1.54) is 36.9 Å². The van der Waals surface area contributed by atoms with E-state index in [0.717, 1.165) is 6.42 Å². The highest BCUT2D eigenvalue weighted by atomic mass is 32.1. The highest BCUT2D eigenvalue weighted by Crippen LogP contribution is 2.26. The third kappa shape index (κ3) is 3.82. The number of anilines is 1. The molecule has 0 bridgehead atoms. The van der Waals surface area contributed by atoms with Crippen LogP contribution in [0.3, 0.4) is 0 Å². The summed E-state index contributed by atoms with van der Waals surface area (Å²) in [5.41, 5.74) is 0. The minimum absolute atomic E-state index is 0.0627. The van der Waals surface area contributed by atoms with Gasteiger partial charge in [-0.25, -0.2) is 0 Å². The summed E-state index contributed by atoms with van der Waals surface area (Å²) in [5.74, 6) is 0.392. The largest absolute Gasteiger partial charge is 0.459 e. The second-order valence-corrected chi connectivity index (χ2v) is 7.02. The quantitative estimate of drug-likeness (QED) is 0.892. The van der Waals surface area contributed by atoms with Crippen LogP contribution in [-0.4, -0.2) is 17.9 Å². The molecule has 1 aliphatic rings. The molecule has 6 heteroatoms. The van der Waals surface area contributed by atoms with Crippen LogP contribution >= 0.6 is 11.3 Å². The van der Waals surface area contributed by atoms with Crippen LogP contribution in [0.4, 0.5) is 5.00 Å². The van der Waals surface area contributed by atoms with E-state index in [1.807, 2.05) is 0 Å². The minimum atomic E-state index is -0.315. The predicted octanol–water partition coefficient (Wildman–Crippen LogP) is 3.90. The molecule has 0 spiro atoms. The summed E-state index contributed by atoms with van der Waals surface area (Å²) in [6.45, 7) is 2.19. The second-order valence-electron chi connectivity index (χ2n) is 5.94. The van der Waals surface area contributed by atoms with Crippen molar-refractivity contribution >= 4 is 28.2 Å². The van der Waals surface area contributed by atoms with Gasteiger partial charge in [-0.05, 0) is 43.0 Å². The zero-order valence-electron chi connectivity index (χ0n) is 13.0. The number of nitrogens with one attached hydrogen (secondary N) is 2. The Morgan fingerprint density at radius 1 is 1.17 bits per heavy atom. The fourth-order valence-corrected chi connectivity index (χ4v) is 3.68. The first-order valence-electron chi connectivity index (χ1n) is 7.89. The van der Waals surface area contributed by atoms with Gasteiger partial charge < -0.3 is 15.1 Å². The smallest absolute Gasteiger partial charge is 0.291 e. The molecule has 122 valence electrons. The number of rotatable bonds is 4. The molecule has 0 saturated heterocycles. The van der Waals surface area contributed by atoms with E-state index in [0.29, 0.717) is 15.8 Å². The standard InChI is InChI=1S/C17H20N2O3S/c1-11-5-2-3-6-12(11)18-17(21)14-8-9-15(23-14)19-16(20)13-7-4-10-22-13/h4,7-12H,2-3,5-6H2,1H3,(H,18,21)(H,19,20). The van der Waals surface area contributed by atoms with Crippen molar-refractivity contribution in [3.63, 3.8) is 0 Å². The Labute approximate surface area is 139 Å². The molecule has 2 atom stereocenters. The Kier molecular flexibility index (Phi) is 4.81. The molecule has 0 aliphatic heterocycles. The van der Waals surface area contributed by atoms with Crippen LogP contribution in [0.5, 0.6) is 0 Å². The fraction of sp³-hybridized carbons (Fsp3) is 0.412. The molecule has 5 nitrogen and oxygen atoms in total. The van der Waals surface area contributed by atoms with Gasteiger partial charge in [0.05, 0.1) is 16.1 Å². The van der Waals surface area contributed by atoms with Crippen molar-refractivity contribution < 1.29 is 14.0 Å². The van der Waals surface area contributed by atoms with Crippen LogP contribution < -0.4 is 10.6 Å². The van der Waals surface area contributed by atoms with Crippen LogP contribution in [0, 0.1) is 5.92 Å². The lowest BCUT2D eigenvalue weighted by atomic mass is 9.86. The lowest BCUT2D eigenvalue weighted by molar-refractivity contribution is 0.0913. The molecule has 23 heavy (non-hydrogen) atoms. The Balaban J connectivity index is 1.60. The van der Waals surface area contributed by atoms with E-state index in [1.54, 1.807) is 24.3 Å². The van der Waals surface area contributed by atoms with Crippen molar-refractivity contribution in [3.05, 3.63) is 41.2 Å². The molecule has 0 radical (unpaired) electrons. The van der Waals surface area contributed by atoms with E-state index >= 15 is 0 Å². The number of amides is 2. The molecule has 2 N–H and O–H groups in total. The van der Waals surface area contributed by atoms with Crippen LogP contribution in [0.1, 0.15) is 52.8 Å². The number of thiophene rings is 1.